The van der Waals surface area contributed by atoms with Crippen LogP contribution in [-0.2, 0) is 0 Å². The van der Waals surface area contributed by atoms with Crippen LogP contribution >= 0.6 is 38.6 Å². The molecular formula is C8H6B2BrS2. The summed E-state index contributed by atoms with van der Waals surface area (Å²) in [6.45, 7) is 4.13. The van der Waals surface area contributed by atoms with E-state index in [2.05, 4.69) is 37.0 Å². The van der Waals surface area contributed by atoms with Gasteiger partial charge in [-0.2, -0.15) is 11.3 Å². The molecule has 0 aliphatic heterocycles. The van der Waals surface area contributed by atoms with Gasteiger partial charge in [0.2, 0.25) is 0 Å². The second-order valence-corrected chi connectivity index (χ2v) is 6.22. The minimum atomic E-state index is 0.942. The molecule has 3 radical (unpaired) electrons. The van der Waals surface area contributed by atoms with Crippen molar-refractivity contribution < 1.29 is 0 Å². The Morgan fingerprint density at radius 3 is 2.62 bits per heavy atom. The summed E-state index contributed by atoms with van der Waals surface area (Å²) in [5.74, 6) is 0. The molecule has 0 bridgehead atoms. The van der Waals surface area contributed by atoms with Gasteiger partial charge in [-0.15, -0.1) is 11.3 Å². The Balaban J connectivity index is 2.84. The second-order valence-electron chi connectivity index (χ2n) is 2.83. The summed E-state index contributed by atoms with van der Waals surface area (Å²) in [6, 6.07) is 0. The lowest BCUT2D eigenvalue weighted by atomic mass is 9.75. The molecule has 5 heteroatoms. The third-order valence-electron chi connectivity index (χ3n) is 2.07. The lowest BCUT2D eigenvalue weighted by Gasteiger charge is -1.89. The Hall–Kier alpha value is 0.270. The molecule has 2 rings (SSSR count). The van der Waals surface area contributed by atoms with Gasteiger partial charge in [-0.3, -0.25) is 0 Å². The highest BCUT2D eigenvalue weighted by Crippen LogP contribution is 2.32. The monoisotopic (exact) mass is 267 g/mol. The Morgan fingerprint density at radius 1 is 1.31 bits per heavy atom. The standard InChI is InChI=1S/C8H6B2BrS2/c1-3-5-6(12-7(3)9)4(10-2)8(11)13-5/h1-2H3. The SMILES string of the molecule is [B]c1sc2c([B]C)c(Br)sc2c1C. The van der Waals surface area contributed by atoms with E-state index in [9.17, 15) is 0 Å². The fraction of sp³-hybridized carbons (Fsp3) is 0.250. The summed E-state index contributed by atoms with van der Waals surface area (Å²) >= 11 is 7.01. The highest BCUT2D eigenvalue weighted by molar-refractivity contribution is 9.11. The summed E-state index contributed by atoms with van der Waals surface area (Å²) in [5.41, 5.74) is 2.50. The van der Waals surface area contributed by atoms with Crippen LogP contribution in [0.15, 0.2) is 3.79 Å². The highest BCUT2D eigenvalue weighted by atomic mass is 79.9. The first-order chi connectivity index (χ1) is 6.15. The molecule has 2 aromatic heterocycles. The van der Waals surface area contributed by atoms with Crippen molar-refractivity contribution in [2.45, 2.75) is 13.7 Å². The fourth-order valence-electron chi connectivity index (χ4n) is 1.29. The zero-order chi connectivity index (χ0) is 9.59. The summed E-state index contributed by atoms with van der Waals surface area (Å²) in [6.07, 6.45) is 0. The third kappa shape index (κ3) is 1.41. The molecule has 0 amide bonds. The Labute approximate surface area is 96.1 Å². The lowest BCUT2D eigenvalue weighted by Crippen LogP contribution is -2.08. The van der Waals surface area contributed by atoms with Crippen LogP contribution in [0.3, 0.4) is 0 Å². The number of aryl methyl sites for hydroxylation is 1. The number of hydrogen-bond acceptors (Lipinski definition) is 2. The average molecular weight is 268 g/mol. The van der Waals surface area contributed by atoms with Crippen molar-refractivity contribution in [3.63, 3.8) is 0 Å². The van der Waals surface area contributed by atoms with Crippen LogP contribution in [0.1, 0.15) is 5.56 Å². The van der Waals surface area contributed by atoms with Gasteiger partial charge in [-0.25, -0.2) is 0 Å². The van der Waals surface area contributed by atoms with Gasteiger partial charge in [0.1, 0.15) is 7.85 Å². The molecule has 0 N–H and O–H groups in total. The molecule has 0 fully saturated rings. The summed E-state index contributed by atoms with van der Waals surface area (Å²) in [4.78, 5) is 0. The summed E-state index contributed by atoms with van der Waals surface area (Å²) < 4.78 is 4.79. The van der Waals surface area contributed by atoms with Gasteiger partial charge in [0.15, 0.2) is 7.28 Å². The Morgan fingerprint density at radius 2 is 2.00 bits per heavy atom. The first-order valence-electron chi connectivity index (χ1n) is 3.91. The van der Waals surface area contributed by atoms with Crippen molar-refractivity contribution in [2.24, 2.45) is 0 Å². The zero-order valence-corrected chi connectivity index (χ0v) is 10.6. The van der Waals surface area contributed by atoms with E-state index in [1.165, 1.54) is 24.2 Å². The van der Waals surface area contributed by atoms with E-state index in [1.807, 2.05) is 0 Å². The van der Waals surface area contributed by atoms with Crippen molar-refractivity contribution in [1.82, 2.24) is 0 Å². The van der Waals surface area contributed by atoms with E-state index < -0.39 is 0 Å². The minimum Gasteiger partial charge on any atom is -0.151 e. The van der Waals surface area contributed by atoms with E-state index in [0.717, 1.165) is 4.78 Å². The van der Waals surface area contributed by atoms with Crippen molar-refractivity contribution in [1.29, 1.82) is 0 Å². The zero-order valence-electron chi connectivity index (χ0n) is 7.35. The van der Waals surface area contributed by atoms with E-state index >= 15 is 0 Å². The molecule has 13 heavy (non-hydrogen) atoms. The average Bonchev–Trinajstić information content (AvgIpc) is 2.52. The molecule has 0 nitrogen and oxygen atoms in total. The quantitative estimate of drug-likeness (QED) is 0.695. The van der Waals surface area contributed by atoms with E-state index in [0.29, 0.717) is 0 Å². The van der Waals surface area contributed by atoms with Gasteiger partial charge >= 0.3 is 0 Å². The fourth-order valence-corrected chi connectivity index (χ4v) is 4.74. The molecule has 0 saturated carbocycles. The highest BCUT2D eigenvalue weighted by Gasteiger charge is 2.13. The summed E-state index contributed by atoms with van der Waals surface area (Å²) in [5, 5.41) is 0. The predicted octanol–water partition coefficient (Wildman–Crippen LogP) is 2.21. The van der Waals surface area contributed by atoms with Crippen molar-refractivity contribution in [3.05, 3.63) is 9.35 Å². The van der Waals surface area contributed by atoms with Gasteiger partial charge in [0.05, 0.1) is 3.79 Å². The molecular weight excluding hydrogens is 262 g/mol. The molecule has 0 aliphatic rings. The number of halogens is 1. The van der Waals surface area contributed by atoms with Crippen molar-refractivity contribution in [2.75, 3.05) is 0 Å². The van der Waals surface area contributed by atoms with Crippen LogP contribution in [0.5, 0.6) is 0 Å². The van der Waals surface area contributed by atoms with Gasteiger partial charge in [0.25, 0.3) is 0 Å². The van der Waals surface area contributed by atoms with E-state index in [-0.39, 0.29) is 0 Å². The van der Waals surface area contributed by atoms with E-state index in [4.69, 9.17) is 7.85 Å². The number of rotatable bonds is 1. The molecule has 0 aromatic carbocycles. The maximum atomic E-state index is 5.87. The lowest BCUT2D eigenvalue weighted by molar-refractivity contribution is 1.66. The van der Waals surface area contributed by atoms with Crippen LogP contribution in [0.2, 0.25) is 6.82 Å². The normalized spacial score (nSPS) is 11.0. The van der Waals surface area contributed by atoms with Crippen LogP contribution < -0.4 is 10.2 Å². The Bertz CT molecular complexity index is 458. The minimum absolute atomic E-state index is 0.942. The predicted molar refractivity (Wildman–Crippen MR) is 68.8 cm³/mol. The molecule has 0 spiro atoms. The van der Waals surface area contributed by atoms with Gasteiger partial charge in [-0.05, 0) is 38.7 Å². The number of fused-ring (bicyclic) bond motifs is 1. The van der Waals surface area contributed by atoms with Crippen molar-refractivity contribution >= 4 is 73.4 Å². The van der Waals surface area contributed by atoms with Gasteiger partial charge < -0.3 is 0 Å². The largest absolute Gasteiger partial charge is 0.152 e. The topological polar surface area (TPSA) is 0 Å². The van der Waals surface area contributed by atoms with Crippen LogP contribution in [0, 0.1) is 6.92 Å². The Kier molecular flexibility index (Phi) is 2.60. The molecule has 0 atom stereocenters. The third-order valence-corrected chi connectivity index (χ3v) is 5.37. The first kappa shape index (κ1) is 9.81. The number of hydrogen-bond donors (Lipinski definition) is 0. The summed E-state index contributed by atoms with van der Waals surface area (Å²) in [7, 11) is 7.99. The van der Waals surface area contributed by atoms with Crippen LogP contribution in [0.25, 0.3) is 9.40 Å². The maximum absolute atomic E-state index is 5.87. The van der Waals surface area contributed by atoms with Gasteiger partial charge in [0, 0.05) is 9.40 Å². The van der Waals surface area contributed by atoms with Gasteiger partial charge in [-0.1, -0.05) is 6.82 Å². The molecule has 2 heterocycles. The smallest absolute Gasteiger partial charge is 0.151 e. The molecule has 2 aromatic rings. The molecule has 0 saturated heterocycles. The molecule has 0 aliphatic carbocycles. The molecule has 0 unspecified atom stereocenters. The second kappa shape index (κ2) is 3.44. The first-order valence-corrected chi connectivity index (χ1v) is 6.34. The number of thiophene rings is 2. The molecule has 63 valence electrons. The van der Waals surface area contributed by atoms with Crippen molar-refractivity contribution in [3.8, 4) is 0 Å². The maximum Gasteiger partial charge on any atom is 0.152 e. The van der Waals surface area contributed by atoms with Crippen LogP contribution in [0.4, 0.5) is 0 Å². The van der Waals surface area contributed by atoms with Crippen LogP contribution in [-0.4, -0.2) is 15.1 Å². The van der Waals surface area contributed by atoms with E-state index in [1.54, 1.807) is 22.7 Å².